The van der Waals surface area contributed by atoms with Crippen LogP contribution in [0, 0.1) is 0 Å². The molecule has 4 atom stereocenters. The number of rotatable bonds is 17. The lowest BCUT2D eigenvalue weighted by Gasteiger charge is -2.24. The van der Waals surface area contributed by atoms with Gasteiger partial charge in [0.1, 0.15) is 18.1 Å². The summed E-state index contributed by atoms with van der Waals surface area (Å²) >= 11 is 0. The Balaban J connectivity index is 5.38. The molecule has 17 heteroatoms. The molecule has 13 N–H and O–H groups in total. The highest BCUT2D eigenvalue weighted by Crippen LogP contribution is 2.03. The summed E-state index contributed by atoms with van der Waals surface area (Å²) < 4.78 is 0. The van der Waals surface area contributed by atoms with Crippen LogP contribution in [0.3, 0.4) is 0 Å². The molecule has 0 aliphatic carbocycles. The van der Waals surface area contributed by atoms with Crippen molar-refractivity contribution in [2.24, 2.45) is 22.2 Å². The summed E-state index contributed by atoms with van der Waals surface area (Å²) in [6.07, 6.45) is -1.65. The van der Waals surface area contributed by atoms with Crippen molar-refractivity contribution in [1.29, 1.82) is 0 Å². The molecule has 4 unspecified atom stereocenters. The van der Waals surface area contributed by atoms with Gasteiger partial charge >= 0.3 is 17.9 Å². The van der Waals surface area contributed by atoms with Crippen molar-refractivity contribution in [3.05, 3.63) is 0 Å². The van der Waals surface area contributed by atoms with Crippen molar-refractivity contribution >= 4 is 41.6 Å². The number of carboxylic acids is 3. The molecule has 0 aromatic carbocycles. The van der Waals surface area contributed by atoms with E-state index in [4.69, 9.17) is 32.5 Å². The number of carboxylic acid groups (broad SMARTS) is 3. The lowest BCUT2D eigenvalue weighted by Crippen LogP contribution is -2.58. The zero-order chi connectivity index (χ0) is 27.1. The fourth-order valence-corrected chi connectivity index (χ4v) is 2.60. The summed E-state index contributed by atoms with van der Waals surface area (Å²) in [6, 6.07) is -6.09. The van der Waals surface area contributed by atoms with E-state index < -0.39 is 85.7 Å². The van der Waals surface area contributed by atoms with Crippen LogP contribution in [0.15, 0.2) is 4.99 Å². The second-order valence-electron chi connectivity index (χ2n) is 7.29. The number of hydrogen-bond acceptors (Lipinski definition) is 9. The third-order valence-corrected chi connectivity index (χ3v) is 4.39. The summed E-state index contributed by atoms with van der Waals surface area (Å²) in [5.74, 6) is -7.46. The number of guanidine groups is 1. The Morgan fingerprint density at radius 3 is 1.80 bits per heavy atom. The molecular weight excluding hydrogens is 474 g/mol. The number of carbonyl (C=O) groups is 6. The minimum absolute atomic E-state index is 0.0664. The largest absolute Gasteiger partial charge is 0.481 e. The first-order valence-electron chi connectivity index (χ1n) is 10.3. The van der Waals surface area contributed by atoms with Crippen molar-refractivity contribution in [3.8, 4) is 0 Å². The van der Waals surface area contributed by atoms with Crippen LogP contribution in [0.4, 0.5) is 0 Å². The fourth-order valence-electron chi connectivity index (χ4n) is 2.60. The Morgan fingerprint density at radius 1 is 0.771 bits per heavy atom. The van der Waals surface area contributed by atoms with Gasteiger partial charge in [0.15, 0.2) is 5.96 Å². The van der Waals surface area contributed by atoms with E-state index >= 15 is 0 Å². The second kappa shape index (κ2) is 15.8. The molecule has 0 rings (SSSR count). The molecular formula is C18H31N7O10. The molecule has 198 valence electrons. The fraction of sp³-hybridized carbons (Fsp3) is 0.611. The zero-order valence-electron chi connectivity index (χ0n) is 18.7. The number of aliphatic hydroxyl groups is 1. The predicted octanol–water partition coefficient (Wildman–Crippen LogP) is -4.76. The predicted molar refractivity (Wildman–Crippen MR) is 118 cm³/mol. The quantitative estimate of drug-likeness (QED) is 0.0504. The third-order valence-electron chi connectivity index (χ3n) is 4.39. The Labute approximate surface area is 199 Å². The summed E-state index contributed by atoms with van der Waals surface area (Å²) in [5, 5.41) is 42.5. The van der Waals surface area contributed by atoms with Gasteiger partial charge in [0.2, 0.25) is 17.7 Å². The highest BCUT2D eigenvalue weighted by atomic mass is 16.4. The van der Waals surface area contributed by atoms with Gasteiger partial charge in [0.25, 0.3) is 0 Å². The number of aliphatic imine (C=N–C) groups is 1. The zero-order valence-corrected chi connectivity index (χ0v) is 18.7. The van der Waals surface area contributed by atoms with Crippen LogP contribution >= 0.6 is 0 Å². The van der Waals surface area contributed by atoms with E-state index in [9.17, 15) is 33.9 Å². The first kappa shape index (κ1) is 31.0. The average molecular weight is 505 g/mol. The van der Waals surface area contributed by atoms with Crippen LogP contribution in [0.5, 0.6) is 0 Å². The summed E-state index contributed by atoms with van der Waals surface area (Å²) in [6.45, 7) is -0.896. The number of carbonyl (C=O) groups excluding carboxylic acids is 3. The van der Waals surface area contributed by atoms with E-state index in [0.29, 0.717) is 0 Å². The maximum Gasteiger partial charge on any atom is 0.326 e. The van der Waals surface area contributed by atoms with Crippen molar-refractivity contribution in [2.45, 2.75) is 56.3 Å². The first-order chi connectivity index (χ1) is 16.3. The lowest BCUT2D eigenvalue weighted by atomic mass is 10.1. The molecule has 0 saturated heterocycles. The minimum Gasteiger partial charge on any atom is -0.481 e. The number of amides is 3. The Kier molecular flexibility index (Phi) is 14.0. The Hall–Kier alpha value is -3.99. The molecule has 0 bridgehead atoms. The van der Waals surface area contributed by atoms with Crippen molar-refractivity contribution < 1.29 is 49.2 Å². The average Bonchev–Trinajstić information content (AvgIpc) is 2.75. The summed E-state index contributed by atoms with van der Waals surface area (Å²) in [4.78, 5) is 73.7. The molecule has 3 amide bonds. The molecule has 0 heterocycles. The van der Waals surface area contributed by atoms with Crippen LogP contribution < -0.4 is 33.2 Å². The standard InChI is InChI=1S/C18H31N7O10/c19-8(6-13(29)30)14(31)23-9(2-1-5-22-18(20)21)15(32)25-11(7-26)16(33)24-10(17(34)35)3-4-12(27)28/h8-11,26H,1-7,19H2,(H,23,31)(H,24,33)(H,25,32)(H,27,28)(H,29,30)(H,34,35)(H4,20,21,22). The van der Waals surface area contributed by atoms with Crippen LogP contribution in [-0.4, -0.2) is 99.3 Å². The number of aliphatic carboxylic acids is 3. The molecule has 0 aliphatic rings. The smallest absolute Gasteiger partial charge is 0.326 e. The molecule has 0 aliphatic heterocycles. The van der Waals surface area contributed by atoms with Crippen LogP contribution in [0.2, 0.25) is 0 Å². The van der Waals surface area contributed by atoms with E-state index in [1.807, 2.05) is 5.32 Å². The highest BCUT2D eigenvalue weighted by molar-refractivity contribution is 5.94. The first-order valence-corrected chi connectivity index (χ1v) is 10.3. The molecule has 0 fully saturated rings. The number of hydrogen-bond donors (Lipinski definition) is 10. The van der Waals surface area contributed by atoms with Gasteiger partial charge in [-0.3, -0.25) is 29.0 Å². The number of nitrogens with one attached hydrogen (secondary N) is 3. The van der Waals surface area contributed by atoms with Crippen molar-refractivity contribution in [2.75, 3.05) is 13.2 Å². The topological polar surface area (TPSA) is 310 Å². The molecule has 0 aromatic heterocycles. The molecule has 35 heavy (non-hydrogen) atoms. The van der Waals surface area contributed by atoms with E-state index in [-0.39, 0.29) is 25.3 Å². The molecule has 0 spiro atoms. The summed E-state index contributed by atoms with van der Waals surface area (Å²) in [7, 11) is 0. The van der Waals surface area contributed by atoms with Crippen molar-refractivity contribution in [3.63, 3.8) is 0 Å². The number of nitrogens with zero attached hydrogens (tertiary/aromatic N) is 1. The molecule has 17 nitrogen and oxygen atoms in total. The maximum absolute atomic E-state index is 12.7. The van der Waals surface area contributed by atoms with Gasteiger partial charge in [-0.1, -0.05) is 0 Å². The van der Waals surface area contributed by atoms with Gasteiger partial charge in [-0.2, -0.15) is 0 Å². The monoisotopic (exact) mass is 505 g/mol. The van der Waals surface area contributed by atoms with E-state index in [1.165, 1.54) is 0 Å². The van der Waals surface area contributed by atoms with Crippen molar-refractivity contribution in [1.82, 2.24) is 16.0 Å². The van der Waals surface area contributed by atoms with E-state index in [0.717, 1.165) is 0 Å². The van der Waals surface area contributed by atoms with E-state index in [2.05, 4.69) is 15.6 Å². The van der Waals surface area contributed by atoms with E-state index in [1.54, 1.807) is 0 Å². The minimum atomic E-state index is -1.65. The molecule has 0 radical (unpaired) electrons. The maximum atomic E-state index is 12.7. The normalized spacial score (nSPS) is 13.9. The van der Waals surface area contributed by atoms with Gasteiger partial charge in [-0.05, 0) is 19.3 Å². The second-order valence-corrected chi connectivity index (χ2v) is 7.29. The molecule has 0 saturated carbocycles. The Bertz CT molecular complexity index is 815. The highest BCUT2D eigenvalue weighted by Gasteiger charge is 2.30. The molecule has 0 aromatic rings. The SMILES string of the molecule is NC(N)=NCCCC(NC(=O)C(N)CC(=O)O)C(=O)NC(CO)C(=O)NC(CCC(=O)O)C(=O)O. The van der Waals surface area contributed by atoms with Crippen LogP contribution in [0.25, 0.3) is 0 Å². The number of aliphatic hydroxyl groups excluding tert-OH is 1. The lowest BCUT2D eigenvalue weighted by molar-refractivity contribution is -0.143. The number of nitrogens with two attached hydrogens (primary N) is 3. The Morgan fingerprint density at radius 2 is 1.31 bits per heavy atom. The van der Waals surface area contributed by atoms with Crippen LogP contribution in [-0.2, 0) is 28.8 Å². The van der Waals surface area contributed by atoms with Gasteiger partial charge in [0, 0.05) is 13.0 Å². The van der Waals surface area contributed by atoms with Gasteiger partial charge in [-0.15, -0.1) is 0 Å². The summed E-state index contributed by atoms with van der Waals surface area (Å²) in [5.41, 5.74) is 15.9. The van der Waals surface area contributed by atoms with Gasteiger partial charge < -0.3 is 53.6 Å². The van der Waals surface area contributed by atoms with Crippen LogP contribution in [0.1, 0.15) is 32.1 Å². The van der Waals surface area contributed by atoms with Gasteiger partial charge in [-0.25, -0.2) is 4.79 Å². The van der Waals surface area contributed by atoms with Gasteiger partial charge in [0.05, 0.1) is 19.1 Å². The third kappa shape index (κ3) is 13.3.